The summed E-state index contributed by atoms with van der Waals surface area (Å²) in [6, 6.07) is 0. The first kappa shape index (κ1) is 13.7. The van der Waals surface area contributed by atoms with Crippen LogP contribution in [0.15, 0.2) is 12.2 Å². The van der Waals surface area contributed by atoms with Gasteiger partial charge < -0.3 is 10.1 Å². The van der Waals surface area contributed by atoms with Gasteiger partial charge in [0.1, 0.15) is 0 Å². The molecule has 0 aromatic heterocycles. The highest BCUT2D eigenvalue weighted by molar-refractivity contribution is 4.77. The van der Waals surface area contributed by atoms with Gasteiger partial charge in [0.15, 0.2) is 0 Å². The van der Waals surface area contributed by atoms with Gasteiger partial charge in [-0.3, -0.25) is 0 Å². The van der Waals surface area contributed by atoms with Crippen LogP contribution in [0.25, 0.3) is 0 Å². The molecule has 84 valence electrons. The van der Waals surface area contributed by atoms with E-state index >= 15 is 0 Å². The summed E-state index contributed by atoms with van der Waals surface area (Å²) < 4.78 is 5.47. The Labute approximate surface area is 88.7 Å². The summed E-state index contributed by atoms with van der Waals surface area (Å²) in [4.78, 5) is 0. The largest absolute Gasteiger partial charge is 0.380 e. The number of ether oxygens (including phenoxy) is 1. The summed E-state index contributed by atoms with van der Waals surface area (Å²) in [6.07, 6.45) is 6.54. The van der Waals surface area contributed by atoms with Crippen molar-refractivity contribution in [1.29, 1.82) is 0 Å². The van der Waals surface area contributed by atoms with Crippen LogP contribution in [0.3, 0.4) is 0 Å². The Balaban J connectivity index is 2.92. The highest BCUT2D eigenvalue weighted by atomic mass is 16.5. The lowest BCUT2D eigenvalue weighted by Gasteiger charge is -2.06. The third kappa shape index (κ3) is 11.7. The first-order valence-electron chi connectivity index (χ1n) is 5.67. The summed E-state index contributed by atoms with van der Waals surface area (Å²) in [5.41, 5.74) is 0. The molecule has 0 saturated carbocycles. The van der Waals surface area contributed by atoms with Crippen LogP contribution in [0.4, 0.5) is 0 Å². The Morgan fingerprint density at radius 1 is 1.21 bits per heavy atom. The molecule has 0 aliphatic carbocycles. The van der Waals surface area contributed by atoms with Crippen LogP contribution in [-0.4, -0.2) is 26.3 Å². The number of allylic oxidation sites excluding steroid dienone is 1. The Kier molecular flexibility index (Phi) is 10.5. The Morgan fingerprint density at radius 2 is 2.00 bits per heavy atom. The lowest BCUT2D eigenvalue weighted by atomic mass is 10.1. The van der Waals surface area contributed by atoms with Gasteiger partial charge in [-0.25, -0.2) is 0 Å². The average Bonchev–Trinajstić information content (AvgIpc) is 2.15. The summed E-state index contributed by atoms with van der Waals surface area (Å²) in [6.45, 7) is 10.2. The molecule has 0 radical (unpaired) electrons. The van der Waals surface area contributed by atoms with Crippen LogP contribution in [-0.2, 0) is 4.74 Å². The Hall–Kier alpha value is -0.340. The first-order valence-corrected chi connectivity index (χ1v) is 5.67. The van der Waals surface area contributed by atoms with Gasteiger partial charge in [0.2, 0.25) is 0 Å². The van der Waals surface area contributed by atoms with Crippen LogP contribution in [0.1, 0.15) is 33.6 Å². The molecular weight excluding hydrogens is 174 g/mol. The molecule has 0 aliphatic rings. The van der Waals surface area contributed by atoms with Crippen molar-refractivity contribution >= 4 is 0 Å². The van der Waals surface area contributed by atoms with Crippen LogP contribution >= 0.6 is 0 Å². The third-order valence-electron chi connectivity index (χ3n) is 1.99. The van der Waals surface area contributed by atoms with Crippen LogP contribution in [0.2, 0.25) is 0 Å². The van der Waals surface area contributed by atoms with Crippen LogP contribution in [0.5, 0.6) is 0 Å². The van der Waals surface area contributed by atoms with Gasteiger partial charge in [-0.2, -0.15) is 0 Å². The fraction of sp³-hybridized carbons (Fsp3) is 0.833. The minimum atomic E-state index is 0.748. The van der Waals surface area contributed by atoms with E-state index in [1.54, 1.807) is 0 Å². The van der Waals surface area contributed by atoms with E-state index < -0.39 is 0 Å². The van der Waals surface area contributed by atoms with Crippen molar-refractivity contribution in [1.82, 2.24) is 5.32 Å². The summed E-state index contributed by atoms with van der Waals surface area (Å²) in [5.74, 6) is 0.748. The summed E-state index contributed by atoms with van der Waals surface area (Å²) in [7, 11) is 0. The van der Waals surface area contributed by atoms with E-state index in [0.29, 0.717) is 0 Å². The molecule has 0 aromatic rings. The number of hydrogen-bond acceptors (Lipinski definition) is 2. The molecule has 0 heterocycles. The number of nitrogens with one attached hydrogen (secondary N) is 1. The zero-order chi connectivity index (χ0) is 10.6. The van der Waals surface area contributed by atoms with E-state index in [-0.39, 0.29) is 0 Å². The lowest BCUT2D eigenvalue weighted by Crippen LogP contribution is -2.20. The number of hydrogen-bond donors (Lipinski definition) is 1. The van der Waals surface area contributed by atoms with Gasteiger partial charge >= 0.3 is 0 Å². The van der Waals surface area contributed by atoms with Crippen molar-refractivity contribution in [2.45, 2.75) is 33.6 Å². The van der Waals surface area contributed by atoms with E-state index in [0.717, 1.165) is 38.6 Å². The highest BCUT2D eigenvalue weighted by Crippen LogP contribution is 1.98. The van der Waals surface area contributed by atoms with E-state index in [2.05, 4.69) is 38.2 Å². The molecule has 0 fully saturated rings. The third-order valence-corrected chi connectivity index (χ3v) is 1.99. The van der Waals surface area contributed by atoms with Gasteiger partial charge in [0.25, 0.3) is 0 Å². The van der Waals surface area contributed by atoms with Gasteiger partial charge in [-0.05, 0) is 32.2 Å². The standard InChI is InChI=1S/C12H25NO/c1-4-5-6-8-13-9-11-14-10-7-12(2)3/h4-5,12-13H,6-11H2,1-3H3/b5-4+. The maximum atomic E-state index is 5.47. The van der Waals surface area contributed by atoms with Crippen molar-refractivity contribution in [3.63, 3.8) is 0 Å². The Morgan fingerprint density at radius 3 is 2.64 bits per heavy atom. The molecule has 0 amide bonds. The molecule has 2 heteroatoms. The van der Waals surface area contributed by atoms with Crippen molar-refractivity contribution in [2.24, 2.45) is 5.92 Å². The van der Waals surface area contributed by atoms with Crippen molar-refractivity contribution in [3.05, 3.63) is 12.2 Å². The molecule has 0 aliphatic heterocycles. The second kappa shape index (κ2) is 10.7. The SMILES string of the molecule is C/C=C/CCNCCOCCC(C)C. The molecule has 2 nitrogen and oxygen atoms in total. The van der Waals surface area contributed by atoms with Crippen molar-refractivity contribution < 1.29 is 4.74 Å². The fourth-order valence-corrected chi connectivity index (χ4v) is 1.04. The quantitative estimate of drug-likeness (QED) is 0.455. The summed E-state index contributed by atoms with van der Waals surface area (Å²) >= 11 is 0. The van der Waals surface area contributed by atoms with Gasteiger partial charge in [0.05, 0.1) is 6.61 Å². The van der Waals surface area contributed by atoms with Crippen LogP contribution < -0.4 is 5.32 Å². The maximum Gasteiger partial charge on any atom is 0.0590 e. The second-order valence-electron chi connectivity index (χ2n) is 3.90. The first-order chi connectivity index (χ1) is 6.77. The van der Waals surface area contributed by atoms with Crippen molar-refractivity contribution in [3.8, 4) is 0 Å². The Bertz CT molecular complexity index is 132. The predicted molar refractivity (Wildman–Crippen MR) is 62.6 cm³/mol. The molecule has 1 N–H and O–H groups in total. The zero-order valence-electron chi connectivity index (χ0n) is 9.88. The predicted octanol–water partition coefficient (Wildman–Crippen LogP) is 2.60. The minimum Gasteiger partial charge on any atom is -0.380 e. The van der Waals surface area contributed by atoms with E-state index in [9.17, 15) is 0 Å². The molecule has 0 rings (SSSR count). The molecule has 0 atom stereocenters. The molecule has 0 spiro atoms. The minimum absolute atomic E-state index is 0.748. The summed E-state index contributed by atoms with van der Waals surface area (Å²) in [5, 5.41) is 3.33. The van der Waals surface area contributed by atoms with Crippen molar-refractivity contribution in [2.75, 3.05) is 26.3 Å². The highest BCUT2D eigenvalue weighted by Gasteiger charge is 1.93. The molecule has 0 unspecified atom stereocenters. The van der Waals surface area contributed by atoms with E-state index in [1.807, 2.05) is 0 Å². The van der Waals surface area contributed by atoms with Gasteiger partial charge in [-0.1, -0.05) is 26.0 Å². The normalized spacial score (nSPS) is 11.7. The monoisotopic (exact) mass is 199 g/mol. The fourth-order valence-electron chi connectivity index (χ4n) is 1.04. The zero-order valence-corrected chi connectivity index (χ0v) is 9.88. The molecular formula is C12H25NO. The van der Waals surface area contributed by atoms with E-state index in [1.165, 1.54) is 6.42 Å². The van der Waals surface area contributed by atoms with Gasteiger partial charge in [-0.15, -0.1) is 0 Å². The second-order valence-corrected chi connectivity index (χ2v) is 3.90. The van der Waals surface area contributed by atoms with Gasteiger partial charge in [0, 0.05) is 13.2 Å². The molecule has 0 aromatic carbocycles. The smallest absolute Gasteiger partial charge is 0.0590 e. The van der Waals surface area contributed by atoms with E-state index in [4.69, 9.17) is 4.74 Å². The topological polar surface area (TPSA) is 21.3 Å². The maximum absolute atomic E-state index is 5.47. The number of rotatable bonds is 9. The molecule has 0 saturated heterocycles. The average molecular weight is 199 g/mol. The molecule has 14 heavy (non-hydrogen) atoms. The molecule has 0 bridgehead atoms. The van der Waals surface area contributed by atoms with Crippen LogP contribution in [0, 0.1) is 5.92 Å². The lowest BCUT2D eigenvalue weighted by molar-refractivity contribution is 0.125.